The molecule has 1 aliphatic rings. The molecule has 0 heterocycles. The van der Waals surface area contributed by atoms with Crippen molar-refractivity contribution in [2.24, 2.45) is 5.92 Å². The quantitative estimate of drug-likeness (QED) is 0.515. The third-order valence-electron chi connectivity index (χ3n) is 4.62. The van der Waals surface area contributed by atoms with E-state index in [-0.39, 0.29) is 11.8 Å². The van der Waals surface area contributed by atoms with E-state index in [4.69, 9.17) is 0 Å². The SMILES string of the molecule is CCCCNC(=O)c1ccccc1SCC(=O)NCC1CCCCC1. The van der Waals surface area contributed by atoms with Gasteiger partial charge < -0.3 is 10.6 Å². The summed E-state index contributed by atoms with van der Waals surface area (Å²) < 4.78 is 0. The lowest BCUT2D eigenvalue weighted by atomic mass is 9.89. The van der Waals surface area contributed by atoms with Crippen molar-refractivity contribution in [3.63, 3.8) is 0 Å². The molecule has 0 atom stereocenters. The van der Waals surface area contributed by atoms with Gasteiger partial charge in [-0.25, -0.2) is 0 Å². The lowest BCUT2D eigenvalue weighted by molar-refractivity contribution is -0.118. The molecule has 1 saturated carbocycles. The molecule has 0 spiro atoms. The molecule has 1 aromatic carbocycles. The van der Waals surface area contributed by atoms with E-state index in [2.05, 4.69) is 17.6 Å². The Labute approximate surface area is 155 Å². The highest BCUT2D eigenvalue weighted by molar-refractivity contribution is 8.00. The number of carbonyl (C=O) groups excluding carboxylic acids is 2. The second-order valence-corrected chi connectivity index (χ2v) is 7.72. The third kappa shape index (κ3) is 7.10. The van der Waals surface area contributed by atoms with Crippen LogP contribution in [0.5, 0.6) is 0 Å². The first kappa shape index (κ1) is 19.8. The van der Waals surface area contributed by atoms with Gasteiger partial charge in [-0.3, -0.25) is 9.59 Å². The average molecular weight is 363 g/mol. The van der Waals surface area contributed by atoms with Crippen LogP contribution in [0.1, 0.15) is 62.2 Å². The van der Waals surface area contributed by atoms with Gasteiger partial charge in [0.2, 0.25) is 5.91 Å². The molecule has 5 heteroatoms. The zero-order chi connectivity index (χ0) is 17.9. The van der Waals surface area contributed by atoms with E-state index < -0.39 is 0 Å². The molecular weight excluding hydrogens is 332 g/mol. The molecule has 0 unspecified atom stereocenters. The van der Waals surface area contributed by atoms with Crippen LogP contribution < -0.4 is 10.6 Å². The van der Waals surface area contributed by atoms with Crippen LogP contribution in [-0.4, -0.2) is 30.7 Å². The highest BCUT2D eigenvalue weighted by Gasteiger charge is 2.15. The average Bonchev–Trinajstić information content (AvgIpc) is 2.66. The molecule has 2 amide bonds. The van der Waals surface area contributed by atoms with Gasteiger partial charge in [0.1, 0.15) is 0 Å². The molecule has 1 aromatic rings. The van der Waals surface area contributed by atoms with Crippen molar-refractivity contribution in [1.82, 2.24) is 10.6 Å². The standard InChI is InChI=1S/C20H30N2O2S/c1-2-3-13-21-20(24)17-11-7-8-12-18(17)25-15-19(23)22-14-16-9-5-4-6-10-16/h7-8,11-12,16H,2-6,9-10,13-15H2,1H3,(H,21,24)(H,22,23). The lowest BCUT2D eigenvalue weighted by Crippen LogP contribution is -2.31. The van der Waals surface area contributed by atoms with Crippen molar-refractivity contribution in [2.45, 2.75) is 56.8 Å². The second-order valence-electron chi connectivity index (χ2n) is 6.70. The molecule has 138 valence electrons. The Kier molecular flexibility index (Phi) is 8.87. The molecule has 0 aromatic heterocycles. The van der Waals surface area contributed by atoms with Crippen LogP contribution in [0, 0.1) is 5.92 Å². The van der Waals surface area contributed by atoms with Crippen molar-refractivity contribution < 1.29 is 9.59 Å². The minimum Gasteiger partial charge on any atom is -0.355 e. The van der Waals surface area contributed by atoms with Gasteiger partial charge in [0.25, 0.3) is 5.91 Å². The van der Waals surface area contributed by atoms with Crippen LogP contribution >= 0.6 is 11.8 Å². The largest absolute Gasteiger partial charge is 0.355 e. The molecule has 0 bridgehead atoms. The summed E-state index contributed by atoms with van der Waals surface area (Å²) in [5.74, 6) is 0.988. The fraction of sp³-hybridized carbons (Fsp3) is 0.600. The van der Waals surface area contributed by atoms with Crippen LogP contribution in [0.3, 0.4) is 0 Å². The number of carbonyl (C=O) groups is 2. The Morgan fingerprint density at radius 1 is 1.12 bits per heavy atom. The van der Waals surface area contributed by atoms with Crippen LogP contribution in [0.15, 0.2) is 29.2 Å². The van der Waals surface area contributed by atoms with Gasteiger partial charge in [0.05, 0.1) is 11.3 Å². The molecule has 0 saturated heterocycles. The van der Waals surface area contributed by atoms with Crippen LogP contribution in [0.2, 0.25) is 0 Å². The van der Waals surface area contributed by atoms with Gasteiger partial charge in [-0.2, -0.15) is 0 Å². The summed E-state index contributed by atoms with van der Waals surface area (Å²) in [7, 11) is 0. The van der Waals surface area contributed by atoms with Gasteiger partial charge in [-0.05, 0) is 37.3 Å². The highest BCUT2D eigenvalue weighted by Crippen LogP contribution is 2.24. The van der Waals surface area contributed by atoms with E-state index in [1.54, 1.807) is 0 Å². The van der Waals surface area contributed by atoms with Crippen molar-refractivity contribution >= 4 is 23.6 Å². The van der Waals surface area contributed by atoms with Crippen LogP contribution in [-0.2, 0) is 4.79 Å². The number of thioether (sulfide) groups is 1. The maximum Gasteiger partial charge on any atom is 0.252 e. The number of unbranched alkanes of at least 4 members (excludes halogenated alkanes) is 1. The summed E-state index contributed by atoms with van der Waals surface area (Å²) in [4.78, 5) is 25.3. The minimum absolute atomic E-state index is 0.0526. The van der Waals surface area contributed by atoms with Crippen LogP contribution in [0.4, 0.5) is 0 Å². The van der Waals surface area contributed by atoms with E-state index in [0.717, 1.165) is 24.3 Å². The molecular formula is C20H30N2O2S. The van der Waals surface area contributed by atoms with Crippen molar-refractivity contribution in [1.29, 1.82) is 0 Å². The number of rotatable bonds is 9. The molecule has 2 N–H and O–H groups in total. The maximum atomic E-state index is 12.3. The Bertz CT molecular complexity index is 556. The summed E-state index contributed by atoms with van der Waals surface area (Å²) in [6.07, 6.45) is 8.40. The first-order valence-electron chi connectivity index (χ1n) is 9.47. The molecule has 0 aliphatic heterocycles. The van der Waals surface area contributed by atoms with Gasteiger partial charge in [-0.1, -0.05) is 44.7 Å². The van der Waals surface area contributed by atoms with Gasteiger partial charge in [0, 0.05) is 18.0 Å². The predicted molar refractivity (Wildman–Crippen MR) is 104 cm³/mol. The molecule has 4 nitrogen and oxygen atoms in total. The summed E-state index contributed by atoms with van der Waals surface area (Å²) >= 11 is 1.44. The zero-order valence-electron chi connectivity index (χ0n) is 15.2. The smallest absolute Gasteiger partial charge is 0.252 e. The van der Waals surface area contributed by atoms with E-state index >= 15 is 0 Å². The van der Waals surface area contributed by atoms with E-state index in [9.17, 15) is 9.59 Å². The van der Waals surface area contributed by atoms with Crippen molar-refractivity contribution in [3.8, 4) is 0 Å². The number of benzene rings is 1. The Morgan fingerprint density at radius 2 is 1.88 bits per heavy atom. The first-order chi connectivity index (χ1) is 12.2. The second kappa shape index (κ2) is 11.2. The van der Waals surface area contributed by atoms with E-state index in [1.807, 2.05) is 24.3 Å². The summed E-state index contributed by atoms with van der Waals surface area (Å²) in [5.41, 5.74) is 0.656. The third-order valence-corrected chi connectivity index (χ3v) is 5.69. The fourth-order valence-corrected chi connectivity index (χ4v) is 3.98. The molecule has 25 heavy (non-hydrogen) atoms. The number of hydrogen-bond donors (Lipinski definition) is 2. The summed E-state index contributed by atoms with van der Waals surface area (Å²) in [6.45, 7) is 3.58. The number of hydrogen-bond acceptors (Lipinski definition) is 3. The Balaban J connectivity index is 1.79. The number of nitrogens with one attached hydrogen (secondary N) is 2. The number of amides is 2. The zero-order valence-corrected chi connectivity index (χ0v) is 16.0. The maximum absolute atomic E-state index is 12.3. The van der Waals surface area contributed by atoms with Gasteiger partial charge >= 0.3 is 0 Å². The minimum atomic E-state index is -0.0563. The van der Waals surface area contributed by atoms with E-state index in [0.29, 0.717) is 23.8 Å². The monoisotopic (exact) mass is 362 g/mol. The molecule has 2 rings (SSSR count). The Morgan fingerprint density at radius 3 is 2.64 bits per heavy atom. The summed E-state index contributed by atoms with van der Waals surface area (Å²) in [5, 5.41) is 6.00. The predicted octanol–water partition coefficient (Wildman–Crippen LogP) is 4.01. The van der Waals surface area contributed by atoms with Gasteiger partial charge in [-0.15, -0.1) is 11.8 Å². The topological polar surface area (TPSA) is 58.2 Å². The van der Waals surface area contributed by atoms with Gasteiger partial charge in [0.15, 0.2) is 0 Å². The summed E-state index contributed by atoms with van der Waals surface area (Å²) in [6, 6.07) is 7.50. The highest BCUT2D eigenvalue weighted by atomic mass is 32.2. The molecule has 0 radical (unpaired) electrons. The molecule has 1 fully saturated rings. The normalized spacial score (nSPS) is 14.9. The fourth-order valence-electron chi connectivity index (χ4n) is 3.10. The van der Waals surface area contributed by atoms with Crippen molar-refractivity contribution in [2.75, 3.05) is 18.8 Å². The Hall–Kier alpha value is -1.49. The van der Waals surface area contributed by atoms with Crippen LogP contribution in [0.25, 0.3) is 0 Å². The molecule has 1 aliphatic carbocycles. The van der Waals surface area contributed by atoms with E-state index in [1.165, 1.54) is 43.9 Å². The first-order valence-corrected chi connectivity index (χ1v) is 10.5. The lowest BCUT2D eigenvalue weighted by Gasteiger charge is -2.21. The van der Waals surface area contributed by atoms with Crippen molar-refractivity contribution in [3.05, 3.63) is 29.8 Å².